The Morgan fingerprint density at radius 1 is 1.45 bits per heavy atom. The van der Waals surface area contributed by atoms with Crippen molar-refractivity contribution in [3.8, 4) is 5.88 Å². The summed E-state index contributed by atoms with van der Waals surface area (Å²) in [4.78, 5) is 17.8. The van der Waals surface area contributed by atoms with Crippen molar-refractivity contribution in [2.24, 2.45) is 5.92 Å². The van der Waals surface area contributed by atoms with E-state index >= 15 is 0 Å². The minimum absolute atomic E-state index is 0.238. The summed E-state index contributed by atoms with van der Waals surface area (Å²) in [5.74, 6) is 0.966. The second-order valence-corrected chi connectivity index (χ2v) is 6.06. The van der Waals surface area contributed by atoms with Crippen LogP contribution in [0.25, 0.3) is 0 Å². The molecule has 0 saturated carbocycles. The first-order chi connectivity index (χ1) is 9.44. The van der Waals surface area contributed by atoms with Crippen LogP contribution in [0.2, 0.25) is 0 Å². The summed E-state index contributed by atoms with van der Waals surface area (Å²) in [6.07, 6.45) is 2.40. The van der Waals surface area contributed by atoms with E-state index in [4.69, 9.17) is 9.47 Å². The van der Waals surface area contributed by atoms with Gasteiger partial charge in [-0.25, -0.2) is 9.78 Å². The maximum absolute atomic E-state index is 11.9. The third-order valence-corrected chi connectivity index (χ3v) is 3.04. The van der Waals surface area contributed by atoms with Gasteiger partial charge in [0.1, 0.15) is 5.60 Å². The van der Waals surface area contributed by atoms with E-state index in [1.807, 2.05) is 39.0 Å². The molecule has 0 aromatic carbocycles. The molecule has 1 saturated heterocycles. The fourth-order valence-electron chi connectivity index (χ4n) is 2.10. The summed E-state index contributed by atoms with van der Waals surface area (Å²) >= 11 is 0. The molecule has 1 amide bonds. The predicted molar refractivity (Wildman–Crippen MR) is 75.6 cm³/mol. The van der Waals surface area contributed by atoms with E-state index < -0.39 is 5.60 Å². The lowest BCUT2D eigenvalue weighted by molar-refractivity contribution is 0.0284. The standard InChI is InChI=1S/C15H22N2O3/c1-15(2,3)20-14(18)17-9-7-12(10-17)11-19-13-6-4-5-8-16-13/h4-6,8,12H,7,9-11H2,1-3H3/t12-/m0/s1. The zero-order chi connectivity index (χ0) is 14.6. The summed E-state index contributed by atoms with van der Waals surface area (Å²) < 4.78 is 11.0. The van der Waals surface area contributed by atoms with Gasteiger partial charge in [0, 0.05) is 31.3 Å². The molecule has 5 heteroatoms. The van der Waals surface area contributed by atoms with Gasteiger partial charge in [0.25, 0.3) is 0 Å². The third kappa shape index (κ3) is 4.40. The molecule has 20 heavy (non-hydrogen) atoms. The van der Waals surface area contributed by atoms with E-state index in [-0.39, 0.29) is 6.09 Å². The molecule has 1 fully saturated rings. The molecule has 0 radical (unpaired) electrons. The normalized spacial score (nSPS) is 18.9. The lowest BCUT2D eigenvalue weighted by Gasteiger charge is -2.24. The molecular formula is C15H22N2O3. The van der Waals surface area contributed by atoms with Crippen LogP contribution in [0.4, 0.5) is 4.79 Å². The van der Waals surface area contributed by atoms with Crippen molar-refractivity contribution < 1.29 is 14.3 Å². The van der Waals surface area contributed by atoms with Crippen molar-refractivity contribution in [1.29, 1.82) is 0 Å². The highest BCUT2D eigenvalue weighted by atomic mass is 16.6. The SMILES string of the molecule is CC(C)(C)OC(=O)N1CC[C@H](COc2ccccn2)C1. The molecule has 1 atom stereocenters. The second-order valence-electron chi connectivity index (χ2n) is 6.06. The highest BCUT2D eigenvalue weighted by Crippen LogP contribution is 2.20. The Balaban J connectivity index is 1.76. The molecule has 110 valence electrons. The van der Waals surface area contributed by atoms with Gasteiger partial charge in [0.05, 0.1) is 6.61 Å². The molecular weight excluding hydrogens is 256 g/mol. The number of amides is 1. The number of hydrogen-bond donors (Lipinski definition) is 0. The van der Waals surface area contributed by atoms with Crippen LogP contribution in [0.5, 0.6) is 5.88 Å². The van der Waals surface area contributed by atoms with E-state index in [1.165, 1.54) is 0 Å². The van der Waals surface area contributed by atoms with Crippen LogP contribution in [0.1, 0.15) is 27.2 Å². The second kappa shape index (κ2) is 6.11. The van der Waals surface area contributed by atoms with Crippen molar-refractivity contribution in [1.82, 2.24) is 9.88 Å². The van der Waals surface area contributed by atoms with Gasteiger partial charge in [-0.05, 0) is 33.3 Å². The Hall–Kier alpha value is -1.78. The van der Waals surface area contributed by atoms with Crippen molar-refractivity contribution in [2.45, 2.75) is 32.8 Å². The summed E-state index contributed by atoms with van der Waals surface area (Å²) in [6, 6.07) is 5.58. The van der Waals surface area contributed by atoms with Gasteiger partial charge in [-0.3, -0.25) is 0 Å². The Morgan fingerprint density at radius 3 is 2.90 bits per heavy atom. The first-order valence-corrected chi connectivity index (χ1v) is 6.96. The number of rotatable bonds is 3. The fourth-order valence-corrected chi connectivity index (χ4v) is 2.10. The number of hydrogen-bond acceptors (Lipinski definition) is 4. The Kier molecular flexibility index (Phi) is 4.47. The number of carbonyl (C=O) groups excluding carboxylic acids is 1. The smallest absolute Gasteiger partial charge is 0.410 e. The maximum Gasteiger partial charge on any atom is 0.410 e. The number of aromatic nitrogens is 1. The molecule has 0 spiro atoms. The highest BCUT2D eigenvalue weighted by Gasteiger charge is 2.30. The lowest BCUT2D eigenvalue weighted by atomic mass is 10.1. The third-order valence-electron chi connectivity index (χ3n) is 3.04. The number of ether oxygens (including phenoxy) is 2. The molecule has 1 aliphatic heterocycles. The maximum atomic E-state index is 11.9. The van der Waals surface area contributed by atoms with Crippen molar-refractivity contribution >= 4 is 6.09 Å². The van der Waals surface area contributed by atoms with Crippen LogP contribution in [0, 0.1) is 5.92 Å². The van der Waals surface area contributed by atoms with E-state index in [1.54, 1.807) is 11.1 Å². The van der Waals surface area contributed by atoms with E-state index in [0.717, 1.165) is 13.0 Å². The topological polar surface area (TPSA) is 51.7 Å². The summed E-state index contributed by atoms with van der Waals surface area (Å²) in [5, 5.41) is 0. The van der Waals surface area contributed by atoms with Gasteiger partial charge in [0.15, 0.2) is 0 Å². The summed E-state index contributed by atoms with van der Waals surface area (Å²) in [6.45, 7) is 7.62. The van der Waals surface area contributed by atoms with Gasteiger partial charge in [-0.1, -0.05) is 6.07 Å². The summed E-state index contributed by atoms with van der Waals surface area (Å²) in [5.41, 5.74) is -0.445. The molecule has 5 nitrogen and oxygen atoms in total. The van der Waals surface area contributed by atoms with Gasteiger partial charge >= 0.3 is 6.09 Å². The molecule has 0 N–H and O–H groups in total. The Bertz CT molecular complexity index is 442. The monoisotopic (exact) mass is 278 g/mol. The van der Waals surface area contributed by atoms with E-state index in [2.05, 4.69) is 4.98 Å². The molecule has 0 aliphatic carbocycles. The number of carbonyl (C=O) groups is 1. The van der Waals surface area contributed by atoms with Gasteiger partial charge in [0.2, 0.25) is 5.88 Å². The first-order valence-electron chi connectivity index (χ1n) is 6.96. The van der Waals surface area contributed by atoms with Gasteiger partial charge in [-0.2, -0.15) is 0 Å². The van der Waals surface area contributed by atoms with Crippen molar-refractivity contribution in [3.63, 3.8) is 0 Å². The zero-order valence-electron chi connectivity index (χ0n) is 12.3. The lowest BCUT2D eigenvalue weighted by Crippen LogP contribution is -2.35. The molecule has 1 aliphatic rings. The minimum atomic E-state index is -0.445. The largest absolute Gasteiger partial charge is 0.477 e. The average Bonchev–Trinajstić information content (AvgIpc) is 2.84. The van der Waals surface area contributed by atoms with Crippen molar-refractivity contribution in [2.75, 3.05) is 19.7 Å². The van der Waals surface area contributed by atoms with Crippen LogP contribution in [0.15, 0.2) is 24.4 Å². The quantitative estimate of drug-likeness (QED) is 0.853. The molecule has 1 aromatic heterocycles. The molecule has 1 aromatic rings. The van der Waals surface area contributed by atoms with Crippen LogP contribution in [-0.2, 0) is 4.74 Å². The zero-order valence-corrected chi connectivity index (χ0v) is 12.3. The van der Waals surface area contributed by atoms with Gasteiger partial charge in [-0.15, -0.1) is 0 Å². The summed E-state index contributed by atoms with van der Waals surface area (Å²) in [7, 11) is 0. The van der Waals surface area contributed by atoms with Crippen molar-refractivity contribution in [3.05, 3.63) is 24.4 Å². The van der Waals surface area contributed by atoms with Gasteiger partial charge < -0.3 is 14.4 Å². The van der Waals surface area contributed by atoms with Crippen LogP contribution in [-0.4, -0.2) is 41.3 Å². The number of nitrogens with zero attached hydrogens (tertiary/aromatic N) is 2. The average molecular weight is 278 g/mol. The van der Waals surface area contributed by atoms with Crippen LogP contribution >= 0.6 is 0 Å². The van der Waals surface area contributed by atoms with E-state index in [0.29, 0.717) is 24.9 Å². The highest BCUT2D eigenvalue weighted by molar-refractivity contribution is 5.68. The molecule has 0 bridgehead atoms. The Labute approximate surface area is 119 Å². The minimum Gasteiger partial charge on any atom is -0.477 e. The molecule has 2 rings (SSSR count). The fraction of sp³-hybridized carbons (Fsp3) is 0.600. The predicted octanol–water partition coefficient (Wildman–Crippen LogP) is 2.72. The van der Waals surface area contributed by atoms with Crippen LogP contribution < -0.4 is 4.74 Å². The number of likely N-dealkylation sites (tertiary alicyclic amines) is 1. The molecule has 0 unspecified atom stereocenters. The molecule has 2 heterocycles. The first kappa shape index (κ1) is 14.6. The van der Waals surface area contributed by atoms with Crippen LogP contribution in [0.3, 0.4) is 0 Å². The van der Waals surface area contributed by atoms with E-state index in [9.17, 15) is 4.79 Å². The Morgan fingerprint density at radius 2 is 2.25 bits per heavy atom. The number of pyridine rings is 1.